The molecule has 1 unspecified atom stereocenters. The zero-order valence-electron chi connectivity index (χ0n) is 10.5. The Hall–Kier alpha value is -1.88. The number of para-hydroxylation sites is 1. The fourth-order valence-electron chi connectivity index (χ4n) is 2.80. The molecule has 0 amide bonds. The number of aromatic nitrogens is 2. The number of nitrogens with one attached hydrogen (secondary N) is 1. The Balaban J connectivity index is 1.63. The van der Waals surface area contributed by atoms with Crippen LogP contribution >= 0.6 is 0 Å². The van der Waals surface area contributed by atoms with Crippen LogP contribution in [0.1, 0.15) is 42.1 Å². The molecule has 2 atom stereocenters. The topological polar surface area (TPSA) is 60.2 Å². The van der Waals surface area contributed by atoms with Crippen molar-refractivity contribution in [2.45, 2.75) is 24.8 Å². The van der Waals surface area contributed by atoms with Crippen molar-refractivity contribution < 1.29 is 9.26 Å². The molecule has 3 heterocycles. The van der Waals surface area contributed by atoms with Crippen molar-refractivity contribution in [3.05, 3.63) is 41.5 Å². The second kappa shape index (κ2) is 4.35. The lowest BCUT2D eigenvalue weighted by Gasteiger charge is -2.03. The summed E-state index contributed by atoms with van der Waals surface area (Å²) in [6, 6.07) is 8.26. The third-order valence-corrected chi connectivity index (χ3v) is 3.83. The highest BCUT2D eigenvalue weighted by Gasteiger charge is 2.31. The van der Waals surface area contributed by atoms with Crippen LogP contribution in [0.25, 0.3) is 0 Å². The van der Waals surface area contributed by atoms with Gasteiger partial charge in [0.15, 0.2) is 5.82 Å². The Morgan fingerprint density at radius 3 is 3.11 bits per heavy atom. The number of ether oxygens (including phenoxy) is 1. The third-order valence-electron chi connectivity index (χ3n) is 3.83. The molecule has 1 aromatic carbocycles. The Bertz CT molecular complexity index is 590. The largest absolute Gasteiger partial charge is 0.492 e. The first-order valence-electron chi connectivity index (χ1n) is 6.70. The maximum Gasteiger partial charge on any atom is 0.243 e. The molecule has 0 saturated carbocycles. The molecule has 2 aliphatic rings. The van der Waals surface area contributed by atoms with E-state index >= 15 is 0 Å². The van der Waals surface area contributed by atoms with Crippen LogP contribution < -0.4 is 10.1 Å². The zero-order chi connectivity index (χ0) is 12.7. The molecule has 2 aliphatic heterocycles. The maximum absolute atomic E-state index is 5.66. The lowest BCUT2D eigenvalue weighted by molar-refractivity contribution is 0.324. The van der Waals surface area contributed by atoms with Crippen LogP contribution in [-0.2, 0) is 0 Å². The number of hydrogen-bond donors (Lipinski definition) is 1. The van der Waals surface area contributed by atoms with Gasteiger partial charge < -0.3 is 14.6 Å². The van der Waals surface area contributed by atoms with Crippen molar-refractivity contribution in [3.8, 4) is 5.75 Å². The third kappa shape index (κ3) is 1.81. The number of hydrogen-bond acceptors (Lipinski definition) is 5. The number of benzene rings is 1. The summed E-state index contributed by atoms with van der Waals surface area (Å²) in [7, 11) is 0. The number of fused-ring (bicyclic) bond motifs is 1. The van der Waals surface area contributed by atoms with Crippen LogP contribution in [0.3, 0.4) is 0 Å². The fraction of sp³-hybridized carbons (Fsp3) is 0.429. The molecule has 1 aromatic heterocycles. The predicted molar refractivity (Wildman–Crippen MR) is 68.1 cm³/mol. The van der Waals surface area contributed by atoms with Gasteiger partial charge in [-0.25, -0.2) is 0 Å². The van der Waals surface area contributed by atoms with Gasteiger partial charge in [-0.2, -0.15) is 4.98 Å². The molecule has 0 aliphatic carbocycles. The van der Waals surface area contributed by atoms with Crippen molar-refractivity contribution in [3.63, 3.8) is 0 Å². The van der Waals surface area contributed by atoms with E-state index < -0.39 is 0 Å². The Kier molecular flexibility index (Phi) is 2.51. The van der Waals surface area contributed by atoms with E-state index in [0.717, 1.165) is 36.5 Å². The second-order valence-corrected chi connectivity index (χ2v) is 5.04. The molecule has 0 spiro atoms. The van der Waals surface area contributed by atoms with Gasteiger partial charge in [0.25, 0.3) is 0 Å². The molecular formula is C14H15N3O2. The van der Waals surface area contributed by atoms with E-state index in [0.29, 0.717) is 12.5 Å². The average Bonchev–Trinajstić information content (AvgIpc) is 3.18. The summed E-state index contributed by atoms with van der Waals surface area (Å²) in [5.74, 6) is 2.46. The van der Waals surface area contributed by atoms with Crippen molar-refractivity contribution in [2.75, 3.05) is 13.2 Å². The van der Waals surface area contributed by atoms with Gasteiger partial charge in [-0.15, -0.1) is 0 Å². The predicted octanol–water partition coefficient (Wildman–Crippen LogP) is 2.02. The molecule has 0 bridgehead atoms. The molecule has 5 nitrogen and oxygen atoms in total. The van der Waals surface area contributed by atoms with E-state index in [-0.39, 0.29) is 12.0 Å². The van der Waals surface area contributed by atoms with Gasteiger partial charge in [-0.1, -0.05) is 23.4 Å². The van der Waals surface area contributed by atoms with Gasteiger partial charge in [0.1, 0.15) is 12.4 Å². The van der Waals surface area contributed by atoms with Gasteiger partial charge in [-0.05, 0) is 25.5 Å². The fourth-order valence-corrected chi connectivity index (χ4v) is 2.80. The maximum atomic E-state index is 5.66. The number of nitrogens with zero attached hydrogens (tertiary/aromatic N) is 2. The average molecular weight is 257 g/mol. The molecule has 1 fully saturated rings. The SMILES string of the molecule is c1ccc2c(c1)OCC2c1noc([C@@H]2CCCN2)n1. The van der Waals surface area contributed by atoms with E-state index in [1.165, 1.54) is 0 Å². The quantitative estimate of drug-likeness (QED) is 0.891. The summed E-state index contributed by atoms with van der Waals surface area (Å²) in [4.78, 5) is 4.55. The summed E-state index contributed by atoms with van der Waals surface area (Å²) in [5.41, 5.74) is 1.15. The van der Waals surface area contributed by atoms with Crippen molar-refractivity contribution in [2.24, 2.45) is 0 Å². The summed E-state index contributed by atoms with van der Waals surface area (Å²) in [6.07, 6.45) is 2.23. The normalized spacial score (nSPS) is 25.3. The van der Waals surface area contributed by atoms with Gasteiger partial charge in [0.2, 0.25) is 5.89 Å². The smallest absolute Gasteiger partial charge is 0.243 e. The Morgan fingerprint density at radius 2 is 2.21 bits per heavy atom. The standard InChI is InChI=1S/C14H15N3O2/c1-2-6-12-9(4-1)10(8-18-12)13-16-14(19-17-13)11-5-3-7-15-11/h1-2,4,6,10-11,15H,3,5,7-8H2/t10?,11-/m0/s1. The highest BCUT2D eigenvalue weighted by atomic mass is 16.5. The summed E-state index contributed by atoms with van der Waals surface area (Å²) in [6.45, 7) is 1.62. The van der Waals surface area contributed by atoms with Gasteiger partial charge in [-0.3, -0.25) is 0 Å². The molecule has 98 valence electrons. The van der Waals surface area contributed by atoms with Crippen molar-refractivity contribution in [1.82, 2.24) is 15.5 Å². The number of rotatable bonds is 2. The minimum atomic E-state index is 0.0927. The summed E-state index contributed by atoms with van der Waals surface area (Å²) < 4.78 is 11.1. The van der Waals surface area contributed by atoms with E-state index in [1.807, 2.05) is 18.2 Å². The Labute approximate surface area is 111 Å². The van der Waals surface area contributed by atoms with Gasteiger partial charge >= 0.3 is 0 Å². The monoisotopic (exact) mass is 257 g/mol. The highest BCUT2D eigenvalue weighted by molar-refractivity contribution is 5.42. The summed E-state index contributed by atoms with van der Waals surface area (Å²) in [5, 5.41) is 7.50. The van der Waals surface area contributed by atoms with Crippen molar-refractivity contribution >= 4 is 0 Å². The molecule has 4 rings (SSSR count). The molecular weight excluding hydrogens is 242 g/mol. The highest BCUT2D eigenvalue weighted by Crippen LogP contribution is 2.37. The molecule has 0 radical (unpaired) electrons. The van der Waals surface area contributed by atoms with Crippen LogP contribution in [0, 0.1) is 0 Å². The minimum Gasteiger partial charge on any atom is -0.492 e. The molecule has 19 heavy (non-hydrogen) atoms. The van der Waals surface area contributed by atoms with Crippen molar-refractivity contribution in [1.29, 1.82) is 0 Å². The molecule has 5 heteroatoms. The summed E-state index contributed by atoms with van der Waals surface area (Å²) >= 11 is 0. The minimum absolute atomic E-state index is 0.0927. The lowest BCUT2D eigenvalue weighted by atomic mass is 10.0. The first-order valence-corrected chi connectivity index (χ1v) is 6.70. The molecule has 2 aromatic rings. The first kappa shape index (κ1) is 11.0. The van der Waals surface area contributed by atoms with Crippen LogP contribution in [-0.4, -0.2) is 23.3 Å². The van der Waals surface area contributed by atoms with E-state index in [4.69, 9.17) is 9.26 Å². The van der Waals surface area contributed by atoms with Crippen LogP contribution in [0.4, 0.5) is 0 Å². The Morgan fingerprint density at radius 1 is 1.26 bits per heavy atom. The van der Waals surface area contributed by atoms with E-state index in [1.54, 1.807) is 0 Å². The van der Waals surface area contributed by atoms with Crippen LogP contribution in [0.2, 0.25) is 0 Å². The van der Waals surface area contributed by atoms with E-state index in [2.05, 4.69) is 21.5 Å². The second-order valence-electron chi connectivity index (χ2n) is 5.04. The zero-order valence-corrected chi connectivity index (χ0v) is 10.5. The van der Waals surface area contributed by atoms with Crippen LogP contribution in [0.15, 0.2) is 28.8 Å². The lowest BCUT2D eigenvalue weighted by Crippen LogP contribution is -2.13. The van der Waals surface area contributed by atoms with Gasteiger partial charge in [0, 0.05) is 5.56 Å². The van der Waals surface area contributed by atoms with Crippen LogP contribution in [0.5, 0.6) is 5.75 Å². The molecule has 1 N–H and O–H groups in total. The van der Waals surface area contributed by atoms with Gasteiger partial charge in [0.05, 0.1) is 12.0 Å². The van der Waals surface area contributed by atoms with E-state index in [9.17, 15) is 0 Å². The molecule has 1 saturated heterocycles. The first-order chi connectivity index (χ1) is 9.42.